The van der Waals surface area contributed by atoms with Crippen molar-refractivity contribution in [2.45, 2.75) is 26.7 Å². The molecule has 0 radical (unpaired) electrons. The number of hydrogen-bond acceptors (Lipinski definition) is 5. The van der Waals surface area contributed by atoms with Crippen molar-refractivity contribution in [2.75, 3.05) is 0 Å². The summed E-state index contributed by atoms with van der Waals surface area (Å²) in [7, 11) is 0. The number of aryl methyl sites for hydroxylation is 1. The largest absolute Gasteiger partial charge is 0.437 e. The van der Waals surface area contributed by atoms with Gasteiger partial charge in [-0.3, -0.25) is 0 Å². The zero-order valence-electron chi connectivity index (χ0n) is 12.2. The zero-order chi connectivity index (χ0) is 15.4. The van der Waals surface area contributed by atoms with Crippen LogP contribution in [0.4, 0.5) is 0 Å². The fraction of sp³-hybridized carbons (Fsp3) is 0.267. The Balaban J connectivity index is 2.46. The highest BCUT2D eigenvalue weighted by atomic mass is 16.5. The van der Waals surface area contributed by atoms with Gasteiger partial charge in [0.25, 0.3) is 0 Å². The molecule has 6 heteroatoms. The van der Waals surface area contributed by atoms with Crippen LogP contribution in [-0.2, 0) is 0 Å². The number of rotatable bonds is 4. The van der Waals surface area contributed by atoms with Crippen molar-refractivity contribution in [3.8, 4) is 11.6 Å². The van der Waals surface area contributed by atoms with E-state index < -0.39 is 0 Å². The zero-order valence-corrected chi connectivity index (χ0v) is 12.2. The minimum Gasteiger partial charge on any atom is -0.437 e. The van der Waals surface area contributed by atoms with E-state index in [9.17, 15) is 0 Å². The standard InChI is InChI=1S/C15H18N4O2/c1-9(2)11-5-4-10(3)8-12(11)21-15-13(14(16)19-20)17-6-7-18-15/h4-9,20H,1-3H3,(H2,16,19). The highest BCUT2D eigenvalue weighted by Crippen LogP contribution is 2.31. The molecule has 0 saturated heterocycles. The number of benzene rings is 1. The quantitative estimate of drug-likeness (QED) is 0.390. The monoisotopic (exact) mass is 286 g/mol. The molecule has 3 N–H and O–H groups in total. The fourth-order valence-corrected chi connectivity index (χ4v) is 1.93. The van der Waals surface area contributed by atoms with Crippen molar-refractivity contribution in [2.24, 2.45) is 10.9 Å². The normalized spacial score (nSPS) is 11.7. The van der Waals surface area contributed by atoms with Gasteiger partial charge in [0.05, 0.1) is 0 Å². The van der Waals surface area contributed by atoms with Gasteiger partial charge in [0.15, 0.2) is 11.5 Å². The van der Waals surface area contributed by atoms with E-state index in [4.69, 9.17) is 15.7 Å². The van der Waals surface area contributed by atoms with Crippen molar-refractivity contribution in [1.82, 2.24) is 9.97 Å². The Morgan fingerprint density at radius 1 is 1.29 bits per heavy atom. The highest BCUT2D eigenvalue weighted by molar-refractivity contribution is 5.97. The van der Waals surface area contributed by atoms with Gasteiger partial charge in [0, 0.05) is 12.4 Å². The van der Waals surface area contributed by atoms with Gasteiger partial charge in [0.2, 0.25) is 5.88 Å². The van der Waals surface area contributed by atoms with Crippen LogP contribution in [-0.4, -0.2) is 21.0 Å². The third kappa shape index (κ3) is 3.28. The molecular weight excluding hydrogens is 268 g/mol. The van der Waals surface area contributed by atoms with Crippen molar-refractivity contribution < 1.29 is 9.94 Å². The van der Waals surface area contributed by atoms with E-state index in [1.807, 2.05) is 25.1 Å². The molecule has 1 aromatic heterocycles. The maximum absolute atomic E-state index is 8.81. The lowest BCUT2D eigenvalue weighted by molar-refractivity contribution is 0.318. The summed E-state index contributed by atoms with van der Waals surface area (Å²) in [6.45, 7) is 6.15. The maximum atomic E-state index is 8.81. The minimum absolute atomic E-state index is 0.142. The second-order valence-electron chi connectivity index (χ2n) is 4.99. The summed E-state index contributed by atoms with van der Waals surface area (Å²) in [5, 5.41) is 11.8. The summed E-state index contributed by atoms with van der Waals surface area (Å²) in [4.78, 5) is 8.16. The Hall–Kier alpha value is -2.63. The van der Waals surface area contributed by atoms with Crippen LogP contribution >= 0.6 is 0 Å². The van der Waals surface area contributed by atoms with Gasteiger partial charge in [-0.2, -0.15) is 0 Å². The second-order valence-corrected chi connectivity index (χ2v) is 4.99. The number of hydrogen-bond donors (Lipinski definition) is 2. The number of nitrogens with two attached hydrogens (primary N) is 1. The van der Waals surface area contributed by atoms with E-state index in [1.165, 1.54) is 12.4 Å². The Morgan fingerprint density at radius 3 is 2.67 bits per heavy atom. The molecule has 1 aromatic carbocycles. The molecule has 0 unspecified atom stereocenters. The number of ether oxygens (including phenoxy) is 1. The summed E-state index contributed by atoms with van der Waals surface area (Å²) in [5.74, 6) is 1.05. The number of aromatic nitrogens is 2. The lowest BCUT2D eigenvalue weighted by Crippen LogP contribution is -2.16. The molecule has 21 heavy (non-hydrogen) atoms. The van der Waals surface area contributed by atoms with Gasteiger partial charge >= 0.3 is 0 Å². The van der Waals surface area contributed by atoms with Gasteiger partial charge < -0.3 is 15.7 Å². The van der Waals surface area contributed by atoms with Crippen LogP contribution in [0.3, 0.4) is 0 Å². The van der Waals surface area contributed by atoms with Gasteiger partial charge in [-0.1, -0.05) is 31.1 Å². The van der Waals surface area contributed by atoms with Crippen LogP contribution in [0.2, 0.25) is 0 Å². The molecule has 0 aliphatic rings. The highest BCUT2D eigenvalue weighted by Gasteiger charge is 2.15. The van der Waals surface area contributed by atoms with E-state index in [2.05, 4.69) is 29.0 Å². The molecule has 2 aromatic rings. The van der Waals surface area contributed by atoms with Crippen LogP contribution in [0.1, 0.15) is 36.6 Å². The summed E-state index contributed by atoms with van der Waals surface area (Å²) < 4.78 is 5.86. The Kier molecular flexibility index (Phi) is 4.37. The van der Waals surface area contributed by atoms with Crippen molar-refractivity contribution in [3.05, 3.63) is 47.4 Å². The SMILES string of the molecule is Cc1ccc(C(C)C)c(Oc2nccnc2C(N)=NO)c1. The van der Waals surface area contributed by atoms with Gasteiger partial charge in [-0.05, 0) is 30.0 Å². The summed E-state index contributed by atoms with van der Waals surface area (Å²) in [5.41, 5.74) is 7.92. The predicted molar refractivity (Wildman–Crippen MR) is 79.9 cm³/mol. The summed E-state index contributed by atoms with van der Waals surface area (Å²) in [6.07, 6.45) is 2.95. The maximum Gasteiger partial charge on any atom is 0.249 e. The Bertz CT molecular complexity index is 668. The van der Waals surface area contributed by atoms with E-state index in [1.54, 1.807) is 0 Å². The first-order valence-electron chi connectivity index (χ1n) is 6.60. The molecule has 0 aliphatic heterocycles. The van der Waals surface area contributed by atoms with E-state index >= 15 is 0 Å². The first kappa shape index (κ1) is 14.8. The average molecular weight is 286 g/mol. The lowest BCUT2D eigenvalue weighted by atomic mass is 10.0. The third-order valence-corrected chi connectivity index (χ3v) is 3.01. The van der Waals surface area contributed by atoms with E-state index in [0.29, 0.717) is 11.7 Å². The Morgan fingerprint density at radius 2 is 2.00 bits per heavy atom. The lowest BCUT2D eigenvalue weighted by Gasteiger charge is -2.15. The van der Waals surface area contributed by atoms with Crippen LogP contribution < -0.4 is 10.5 Å². The van der Waals surface area contributed by atoms with Crippen molar-refractivity contribution in [3.63, 3.8) is 0 Å². The van der Waals surface area contributed by atoms with E-state index in [0.717, 1.165) is 11.1 Å². The first-order chi connectivity index (χ1) is 10.0. The van der Waals surface area contributed by atoms with Crippen molar-refractivity contribution >= 4 is 5.84 Å². The predicted octanol–water partition coefficient (Wildman–Crippen LogP) is 2.80. The smallest absolute Gasteiger partial charge is 0.249 e. The number of amidine groups is 1. The summed E-state index contributed by atoms with van der Waals surface area (Å²) >= 11 is 0. The van der Waals surface area contributed by atoms with Crippen LogP contribution in [0.15, 0.2) is 35.7 Å². The topological polar surface area (TPSA) is 93.6 Å². The molecule has 6 nitrogen and oxygen atoms in total. The van der Waals surface area contributed by atoms with Crippen molar-refractivity contribution in [1.29, 1.82) is 0 Å². The van der Waals surface area contributed by atoms with Gasteiger partial charge in [0.1, 0.15) is 5.75 Å². The molecule has 0 atom stereocenters. The summed E-state index contributed by atoms with van der Waals surface area (Å²) in [6, 6.07) is 5.98. The van der Waals surface area contributed by atoms with Gasteiger partial charge in [-0.15, -0.1) is 0 Å². The molecule has 110 valence electrons. The minimum atomic E-state index is -0.142. The van der Waals surface area contributed by atoms with Gasteiger partial charge in [-0.25, -0.2) is 9.97 Å². The molecule has 0 spiro atoms. The van der Waals surface area contributed by atoms with Crippen LogP contribution in [0.5, 0.6) is 11.6 Å². The molecule has 2 rings (SSSR count). The molecular formula is C15H18N4O2. The first-order valence-corrected chi connectivity index (χ1v) is 6.60. The Labute approximate surface area is 123 Å². The number of oxime groups is 1. The molecule has 0 aliphatic carbocycles. The molecule has 0 amide bonds. The van der Waals surface area contributed by atoms with E-state index in [-0.39, 0.29) is 17.4 Å². The second kappa shape index (κ2) is 6.21. The number of nitrogens with zero attached hydrogens (tertiary/aromatic N) is 3. The van der Waals surface area contributed by atoms with Crippen LogP contribution in [0.25, 0.3) is 0 Å². The molecule has 0 bridgehead atoms. The van der Waals surface area contributed by atoms with Crippen LogP contribution in [0, 0.1) is 6.92 Å². The molecule has 0 saturated carbocycles. The average Bonchev–Trinajstić information content (AvgIpc) is 2.47. The third-order valence-electron chi connectivity index (χ3n) is 3.01. The molecule has 0 fully saturated rings. The fourth-order valence-electron chi connectivity index (χ4n) is 1.93. The molecule has 1 heterocycles.